The van der Waals surface area contributed by atoms with Gasteiger partial charge < -0.3 is 5.21 Å². The second-order valence-corrected chi connectivity index (χ2v) is 6.95. The fraction of sp³-hybridized carbons (Fsp3) is 0.909. The molecule has 0 unspecified atom stereocenters. The summed E-state index contributed by atoms with van der Waals surface area (Å²) in [7, 11) is 0. The first-order valence-electron chi connectivity index (χ1n) is 5.70. The van der Waals surface area contributed by atoms with Crippen molar-refractivity contribution in [1.82, 2.24) is 0 Å². The van der Waals surface area contributed by atoms with Gasteiger partial charge in [0, 0.05) is 16.7 Å². The van der Waals surface area contributed by atoms with E-state index in [0.29, 0.717) is 11.8 Å². The topological polar surface area (TPSA) is 32.6 Å². The van der Waals surface area contributed by atoms with Crippen LogP contribution in [0.25, 0.3) is 0 Å². The van der Waals surface area contributed by atoms with Crippen molar-refractivity contribution in [2.24, 2.45) is 52.5 Å². The van der Waals surface area contributed by atoms with E-state index < -0.39 is 0 Å². The van der Waals surface area contributed by atoms with Gasteiger partial charge in [0.1, 0.15) is 0 Å². The van der Waals surface area contributed by atoms with Gasteiger partial charge in [0.2, 0.25) is 0 Å². The maximum Gasteiger partial charge on any atom is 0.0644 e. The molecule has 6 bridgehead atoms. The van der Waals surface area contributed by atoms with E-state index >= 15 is 0 Å². The van der Waals surface area contributed by atoms with Crippen LogP contribution in [0.3, 0.4) is 0 Å². The second-order valence-electron chi connectivity index (χ2n) is 5.89. The molecule has 0 aliphatic heterocycles. The monoisotopic (exact) mass is 253 g/mol. The molecule has 6 fully saturated rings. The van der Waals surface area contributed by atoms with Crippen molar-refractivity contribution in [2.75, 3.05) is 0 Å². The average molecular weight is 254 g/mol. The first-order chi connectivity index (χ1) is 6.84. The zero-order valence-corrected chi connectivity index (χ0v) is 9.26. The van der Waals surface area contributed by atoms with Crippen LogP contribution < -0.4 is 0 Å². The molecule has 3 heteroatoms. The number of nitrogens with zero attached hydrogens (tertiary/aromatic N) is 1. The molecule has 6 aliphatic rings. The van der Waals surface area contributed by atoms with Crippen molar-refractivity contribution in [3.8, 4) is 0 Å². The third-order valence-electron chi connectivity index (χ3n) is 6.16. The van der Waals surface area contributed by atoms with Gasteiger partial charge in [0.15, 0.2) is 0 Å². The van der Waals surface area contributed by atoms with Gasteiger partial charge in [-0.05, 0) is 41.9 Å². The Kier molecular flexibility index (Phi) is 0.940. The number of halogens is 1. The minimum atomic E-state index is 0.674. The fourth-order valence-electron chi connectivity index (χ4n) is 6.36. The summed E-state index contributed by atoms with van der Waals surface area (Å²) >= 11 is 3.91. The van der Waals surface area contributed by atoms with E-state index in [9.17, 15) is 0 Å². The quantitative estimate of drug-likeness (QED) is 0.400. The molecule has 0 aromatic rings. The van der Waals surface area contributed by atoms with Gasteiger partial charge in [0.05, 0.1) is 5.71 Å². The molecule has 0 heterocycles. The second kappa shape index (κ2) is 1.81. The SMILES string of the molecule is O/N=C1/[C@H]2[C@H]3[C@H](Br)[C@H]4[C@H]5C[C@@H]([C@H]1[C@H]53)[C@H]24. The lowest BCUT2D eigenvalue weighted by molar-refractivity contribution is 0.132. The van der Waals surface area contributed by atoms with Crippen LogP contribution in [0, 0.1) is 47.3 Å². The van der Waals surface area contributed by atoms with E-state index in [-0.39, 0.29) is 0 Å². The maximum atomic E-state index is 9.14. The molecule has 6 saturated carbocycles. The Bertz CT molecular complexity index is 379. The minimum Gasteiger partial charge on any atom is -0.411 e. The van der Waals surface area contributed by atoms with Gasteiger partial charge in [-0.25, -0.2) is 0 Å². The molecule has 0 saturated heterocycles. The van der Waals surface area contributed by atoms with Crippen molar-refractivity contribution in [3.05, 3.63) is 0 Å². The molecule has 0 radical (unpaired) electrons. The van der Waals surface area contributed by atoms with E-state index in [1.165, 1.54) is 12.1 Å². The molecule has 74 valence electrons. The zero-order valence-electron chi connectivity index (χ0n) is 7.68. The summed E-state index contributed by atoms with van der Waals surface area (Å²) in [5.41, 5.74) is 1.20. The van der Waals surface area contributed by atoms with Crippen molar-refractivity contribution in [3.63, 3.8) is 0 Å². The molecule has 6 rings (SSSR count). The van der Waals surface area contributed by atoms with Crippen molar-refractivity contribution < 1.29 is 5.21 Å². The first kappa shape index (κ1) is 7.26. The van der Waals surface area contributed by atoms with Crippen molar-refractivity contribution in [2.45, 2.75) is 11.2 Å². The van der Waals surface area contributed by atoms with E-state index in [0.717, 1.165) is 40.3 Å². The van der Waals surface area contributed by atoms with E-state index in [1.54, 1.807) is 0 Å². The van der Waals surface area contributed by atoms with Gasteiger partial charge in [-0.15, -0.1) is 0 Å². The lowest BCUT2D eigenvalue weighted by Gasteiger charge is -2.32. The van der Waals surface area contributed by atoms with Crippen LogP contribution in [0.5, 0.6) is 0 Å². The molecule has 0 aromatic carbocycles. The lowest BCUT2D eigenvalue weighted by Crippen LogP contribution is -2.30. The summed E-state index contributed by atoms with van der Waals surface area (Å²) in [5, 5.41) is 12.8. The van der Waals surface area contributed by atoms with Crippen LogP contribution in [0.15, 0.2) is 5.16 Å². The van der Waals surface area contributed by atoms with Crippen LogP contribution in [0.1, 0.15) is 6.42 Å². The van der Waals surface area contributed by atoms with Gasteiger partial charge >= 0.3 is 0 Å². The normalized spacial score (nSPS) is 77.8. The third kappa shape index (κ3) is 0.427. The third-order valence-corrected chi connectivity index (χ3v) is 7.38. The molecular weight excluding hydrogens is 242 g/mol. The van der Waals surface area contributed by atoms with Crippen molar-refractivity contribution in [1.29, 1.82) is 0 Å². The molecule has 1 N–H and O–H groups in total. The number of hydrogen-bond acceptors (Lipinski definition) is 2. The lowest BCUT2D eigenvalue weighted by atomic mass is 9.71. The number of rotatable bonds is 0. The smallest absolute Gasteiger partial charge is 0.0644 e. The van der Waals surface area contributed by atoms with Crippen LogP contribution in [-0.4, -0.2) is 15.7 Å². The fourth-order valence-corrected chi connectivity index (χ4v) is 7.79. The highest BCUT2D eigenvalue weighted by Crippen LogP contribution is 2.82. The Labute approximate surface area is 90.9 Å². The summed E-state index contributed by atoms with van der Waals surface area (Å²) in [5.74, 6) is 6.84. The summed E-state index contributed by atoms with van der Waals surface area (Å²) in [6, 6.07) is 0. The molecule has 9 atom stereocenters. The molecule has 0 spiro atoms. The van der Waals surface area contributed by atoms with Gasteiger partial charge in [0.25, 0.3) is 0 Å². The Morgan fingerprint density at radius 1 is 1.07 bits per heavy atom. The molecular formula is C11H12BrNO. The Morgan fingerprint density at radius 3 is 2.57 bits per heavy atom. The Morgan fingerprint density at radius 2 is 1.86 bits per heavy atom. The van der Waals surface area contributed by atoms with Crippen LogP contribution >= 0.6 is 15.9 Å². The minimum absolute atomic E-state index is 0.674. The zero-order chi connectivity index (χ0) is 9.19. The van der Waals surface area contributed by atoms with E-state index in [4.69, 9.17) is 5.21 Å². The summed E-state index contributed by atoms with van der Waals surface area (Å²) in [6.45, 7) is 0. The van der Waals surface area contributed by atoms with E-state index in [2.05, 4.69) is 21.1 Å². The predicted molar refractivity (Wildman–Crippen MR) is 54.5 cm³/mol. The van der Waals surface area contributed by atoms with Crippen LogP contribution in [0.2, 0.25) is 0 Å². The van der Waals surface area contributed by atoms with Crippen LogP contribution in [0.4, 0.5) is 0 Å². The molecule has 14 heavy (non-hydrogen) atoms. The van der Waals surface area contributed by atoms with Crippen molar-refractivity contribution >= 4 is 21.6 Å². The van der Waals surface area contributed by atoms with Crippen LogP contribution in [-0.2, 0) is 0 Å². The Hall–Kier alpha value is -0.0500. The number of oxime groups is 1. The standard InChI is InChI=1S/C11H12BrNO/c12-10-6-2-1-3-4(6)9-8(10)5(2)7(3)11(9)13-14/h2-10,14H,1H2/b13-11+/t2-,3+,4-,5-,6-,7-,8-,9+,10+/m0/s1. The number of hydrogen-bond donors (Lipinski definition) is 1. The predicted octanol–water partition coefficient (Wildman–Crippen LogP) is 1.97. The Balaban J connectivity index is 1.85. The van der Waals surface area contributed by atoms with Gasteiger partial charge in [-0.1, -0.05) is 21.1 Å². The van der Waals surface area contributed by atoms with Gasteiger partial charge in [-0.3, -0.25) is 0 Å². The molecule has 6 aliphatic carbocycles. The summed E-state index contributed by atoms with van der Waals surface area (Å²) in [4.78, 5) is 0.752. The maximum absolute atomic E-state index is 9.14. The largest absolute Gasteiger partial charge is 0.411 e. The van der Waals surface area contributed by atoms with E-state index in [1.807, 2.05) is 0 Å². The molecule has 2 nitrogen and oxygen atoms in total. The highest BCUT2D eigenvalue weighted by Gasteiger charge is 2.82. The molecule has 0 amide bonds. The highest BCUT2D eigenvalue weighted by molar-refractivity contribution is 9.09. The summed E-state index contributed by atoms with van der Waals surface area (Å²) < 4.78 is 0. The first-order valence-corrected chi connectivity index (χ1v) is 6.62. The highest BCUT2D eigenvalue weighted by atomic mass is 79.9. The summed E-state index contributed by atoms with van der Waals surface area (Å²) in [6.07, 6.45) is 1.44. The number of alkyl halides is 1. The van der Waals surface area contributed by atoms with Gasteiger partial charge in [-0.2, -0.15) is 0 Å². The average Bonchev–Trinajstić information content (AvgIpc) is 2.85. The molecule has 0 aromatic heterocycles.